The number of alkyl halides is 3. The molecule has 1 unspecified atom stereocenters. The van der Waals surface area contributed by atoms with Crippen molar-refractivity contribution in [2.45, 2.75) is 36.8 Å². The fourth-order valence-corrected chi connectivity index (χ4v) is 4.38. The summed E-state index contributed by atoms with van der Waals surface area (Å²) in [6, 6.07) is 12.4. The second-order valence-corrected chi connectivity index (χ2v) is 8.08. The number of nitrogens with one attached hydrogen (secondary N) is 2. The molecule has 2 N–H and O–H groups in total. The molecule has 0 aromatic heterocycles. The third-order valence-electron chi connectivity index (χ3n) is 6.17. The Kier molecular flexibility index (Phi) is 5.75. The van der Waals surface area contributed by atoms with Crippen LogP contribution < -0.4 is 10.6 Å². The number of halogens is 3. The molecule has 0 bridgehead atoms. The molecule has 8 heteroatoms. The summed E-state index contributed by atoms with van der Waals surface area (Å²) < 4.78 is 45.2. The van der Waals surface area contributed by atoms with Gasteiger partial charge >= 0.3 is 6.18 Å². The minimum Gasteiger partial charge on any atom is -0.381 e. The van der Waals surface area contributed by atoms with Gasteiger partial charge < -0.3 is 15.4 Å². The zero-order chi connectivity index (χ0) is 22.1. The number of benzene rings is 2. The minimum absolute atomic E-state index is 0.0303. The summed E-state index contributed by atoms with van der Waals surface area (Å²) in [7, 11) is 0. The Labute approximate surface area is 178 Å². The van der Waals surface area contributed by atoms with Crippen molar-refractivity contribution in [3.8, 4) is 0 Å². The molecule has 0 radical (unpaired) electrons. The van der Waals surface area contributed by atoms with E-state index in [-0.39, 0.29) is 24.8 Å². The molecule has 2 aromatic rings. The lowest BCUT2D eigenvalue weighted by molar-refractivity contribution is -0.137. The number of fused-ring (bicyclic) bond motifs is 1. The highest BCUT2D eigenvalue weighted by Crippen LogP contribution is 2.38. The van der Waals surface area contributed by atoms with Gasteiger partial charge in [0.15, 0.2) is 0 Å². The zero-order valence-electron chi connectivity index (χ0n) is 16.8. The minimum atomic E-state index is -4.44. The van der Waals surface area contributed by atoms with E-state index in [0.29, 0.717) is 37.3 Å². The summed E-state index contributed by atoms with van der Waals surface area (Å²) in [6.45, 7) is 0.984. The lowest BCUT2D eigenvalue weighted by atomic mass is 9.73. The molecule has 2 aliphatic rings. The number of carbonyl (C=O) groups excluding carboxylic acids is 2. The molecule has 1 fully saturated rings. The van der Waals surface area contributed by atoms with E-state index < -0.39 is 23.1 Å². The van der Waals surface area contributed by atoms with Crippen molar-refractivity contribution in [2.24, 2.45) is 0 Å². The van der Waals surface area contributed by atoms with E-state index in [2.05, 4.69) is 10.6 Å². The fraction of sp³-hybridized carbons (Fsp3) is 0.391. The molecule has 2 aliphatic heterocycles. The summed E-state index contributed by atoms with van der Waals surface area (Å²) in [5.74, 6) is -1.18. The first-order chi connectivity index (χ1) is 14.8. The number of para-hydroxylation sites is 1. The quantitative estimate of drug-likeness (QED) is 0.768. The third-order valence-corrected chi connectivity index (χ3v) is 6.17. The van der Waals surface area contributed by atoms with E-state index in [0.717, 1.165) is 11.6 Å². The molecule has 2 aromatic carbocycles. The summed E-state index contributed by atoms with van der Waals surface area (Å²) in [6.07, 6.45) is -3.42. The van der Waals surface area contributed by atoms with Gasteiger partial charge in [0, 0.05) is 37.3 Å². The average Bonchev–Trinajstić information content (AvgIpc) is 2.77. The SMILES string of the molecule is O=C1CC(C(=O)NCC2(c3cccc(C(F)(F)F)c3)CCOCC2)c2ccccc2N1. The lowest BCUT2D eigenvalue weighted by Gasteiger charge is -2.38. The van der Waals surface area contributed by atoms with Crippen molar-refractivity contribution in [2.75, 3.05) is 25.1 Å². The van der Waals surface area contributed by atoms with Crippen LogP contribution in [0.25, 0.3) is 0 Å². The summed E-state index contributed by atoms with van der Waals surface area (Å²) >= 11 is 0. The van der Waals surface area contributed by atoms with E-state index in [4.69, 9.17) is 4.74 Å². The van der Waals surface area contributed by atoms with Crippen LogP contribution in [0.2, 0.25) is 0 Å². The average molecular weight is 432 g/mol. The molecule has 0 saturated carbocycles. The Morgan fingerprint density at radius 3 is 2.61 bits per heavy atom. The van der Waals surface area contributed by atoms with Crippen LogP contribution >= 0.6 is 0 Å². The molecule has 0 aliphatic carbocycles. The maximum absolute atomic E-state index is 13.3. The number of anilines is 1. The second-order valence-electron chi connectivity index (χ2n) is 8.08. The highest BCUT2D eigenvalue weighted by molar-refractivity contribution is 6.01. The number of hydrogen-bond donors (Lipinski definition) is 2. The molecule has 4 rings (SSSR count). The van der Waals surface area contributed by atoms with Crippen LogP contribution in [-0.4, -0.2) is 31.6 Å². The fourth-order valence-electron chi connectivity index (χ4n) is 4.38. The van der Waals surface area contributed by atoms with E-state index in [9.17, 15) is 22.8 Å². The highest BCUT2D eigenvalue weighted by Gasteiger charge is 2.39. The predicted octanol–water partition coefficient (Wildman–Crippen LogP) is 4.00. The molecule has 164 valence electrons. The Hall–Kier alpha value is -2.87. The molecule has 1 atom stereocenters. The van der Waals surface area contributed by atoms with Crippen molar-refractivity contribution >= 4 is 17.5 Å². The van der Waals surface area contributed by atoms with Crippen molar-refractivity contribution in [3.63, 3.8) is 0 Å². The smallest absolute Gasteiger partial charge is 0.381 e. The van der Waals surface area contributed by atoms with Gasteiger partial charge in [-0.2, -0.15) is 13.2 Å². The molecule has 0 spiro atoms. The molecule has 31 heavy (non-hydrogen) atoms. The van der Waals surface area contributed by atoms with Gasteiger partial charge in [-0.05, 0) is 36.1 Å². The molecule has 1 saturated heterocycles. The topological polar surface area (TPSA) is 67.4 Å². The Morgan fingerprint density at radius 2 is 1.87 bits per heavy atom. The Morgan fingerprint density at radius 1 is 1.13 bits per heavy atom. The van der Waals surface area contributed by atoms with Gasteiger partial charge in [-0.1, -0.05) is 36.4 Å². The monoisotopic (exact) mass is 432 g/mol. The van der Waals surface area contributed by atoms with Gasteiger partial charge in [0.1, 0.15) is 0 Å². The Balaban J connectivity index is 1.57. The van der Waals surface area contributed by atoms with Crippen LogP contribution in [0.5, 0.6) is 0 Å². The first-order valence-corrected chi connectivity index (χ1v) is 10.2. The first kappa shape index (κ1) is 21.4. The van der Waals surface area contributed by atoms with E-state index in [1.54, 1.807) is 30.3 Å². The highest BCUT2D eigenvalue weighted by atomic mass is 19.4. The van der Waals surface area contributed by atoms with Crippen LogP contribution in [-0.2, 0) is 25.9 Å². The van der Waals surface area contributed by atoms with Crippen molar-refractivity contribution in [1.82, 2.24) is 5.32 Å². The Bertz CT molecular complexity index is 984. The van der Waals surface area contributed by atoms with Crippen LogP contribution in [0.4, 0.5) is 18.9 Å². The molecular weight excluding hydrogens is 409 g/mol. The van der Waals surface area contributed by atoms with E-state index in [1.165, 1.54) is 12.1 Å². The number of carbonyl (C=O) groups is 2. The van der Waals surface area contributed by atoms with Crippen LogP contribution in [0, 0.1) is 0 Å². The van der Waals surface area contributed by atoms with E-state index >= 15 is 0 Å². The number of rotatable bonds is 4. The molecule has 5 nitrogen and oxygen atoms in total. The number of amides is 2. The normalized spacial score (nSPS) is 20.5. The van der Waals surface area contributed by atoms with Gasteiger partial charge in [0.25, 0.3) is 0 Å². The van der Waals surface area contributed by atoms with Crippen molar-refractivity contribution < 1.29 is 27.5 Å². The third kappa shape index (κ3) is 4.44. The molecule has 2 amide bonds. The van der Waals surface area contributed by atoms with Crippen LogP contribution in [0.3, 0.4) is 0 Å². The summed E-state index contributed by atoms with van der Waals surface area (Å²) in [5.41, 5.74) is 0.510. The molecule has 2 heterocycles. The van der Waals surface area contributed by atoms with Gasteiger partial charge in [0.2, 0.25) is 11.8 Å². The van der Waals surface area contributed by atoms with E-state index in [1.807, 2.05) is 0 Å². The predicted molar refractivity (Wildman–Crippen MR) is 109 cm³/mol. The lowest BCUT2D eigenvalue weighted by Crippen LogP contribution is -2.46. The second kappa shape index (κ2) is 8.34. The first-order valence-electron chi connectivity index (χ1n) is 10.2. The molecular formula is C23H23F3N2O3. The summed E-state index contributed by atoms with van der Waals surface area (Å²) in [4.78, 5) is 25.1. The summed E-state index contributed by atoms with van der Waals surface area (Å²) in [5, 5.41) is 5.69. The standard InChI is InChI=1S/C23H23F3N2O3/c24-23(25,26)16-5-3-4-15(12-16)22(8-10-31-11-9-22)14-27-21(30)18-13-20(29)28-19-7-2-1-6-17(18)19/h1-7,12,18H,8-11,13-14H2,(H,27,30)(H,28,29). The zero-order valence-corrected chi connectivity index (χ0v) is 16.8. The number of ether oxygens (including phenoxy) is 1. The van der Waals surface area contributed by atoms with Gasteiger partial charge in [0.05, 0.1) is 11.5 Å². The van der Waals surface area contributed by atoms with Gasteiger partial charge in [-0.3, -0.25) is 9.59 Å². The maximum Gasteiger partial charge on any atom is 0.416 e. The van der Waals surface area contributed by atoms with Crippen LogP contribution in [0.1, 0.15) is 41.9 Å². The van der Waals surface area contributed by atoms with Gasteiger partial charge in [-0.25, -0.2) is 0 Å². The number of hydrogen-bond acceptors (Lipinski definition) is 3. The van der Waals surface area contributed by atoms with Crippen molar-refractivity contribution in [1.29, 1.82) is 0 Å². The van der Waals surface area contributed by atoms with Gasteiger partial charge in [-0.15, -0.1) is 0 Å². The maximum atomic E-state index is 13.3. The largest absolute Gasteiger partial charge is 0.416 e. The van der Waals surface area contributed by atoms with Crippen LogP contribution in [0.15, 0.2) is 48.5 Å². The van der Waals surface area contributed by atoms with Crippen molar-refractivity contribution in [3.05, 3.63) is 65.2 Å².